The number of halogens is 1. The second-order valence-corrected chi connectivity index (χ2v) is 4.62. The van der Waals surface area contributed by atoms with Crippen LogP contribution in [0, 0.1) is 0 Å². The predicted octanol–water partition coefficient (Wildman–Crippen LogP) is 2.61. The van der Waals surface area contributed by atoms with Crippen molar-refractivity contribution in [3.63, 3.8) is 0 Å². The van der Waals surface area contributed by atoms with Crippen molar-refractivity contribution in [2.24, 2.45) is 0 Å². The van der Waals surface area contributed by atoms with Crippen LogP contribution in [0.15, 0.2) is 12.1 Å². The molecule has 1 atom stereocenters. The van der Waals surface area contributed by atoms with E-state index in [2.05, 4.69) is 5.32 Å². The summed E-state index contributed by atoms with van der Waals surface area (Å²) in [5, 5.41) is 12.9. The van der Waals surface area contributed by atoms with E-state index in [-0.39, 0.29) is 12.6 Å². The number of aliphatic hydroxyl groups excluding tert-OH is 1. The molecule has 0 aliphatic heterocycles. The number of hydrogen-bond acceptors (Lipinski definition) is 4. The quantitative estimate of drug-likeness (QED) is 0.772. The zero-order valence-corrected chi connectivity index (χ0v) is 12.5. The second kappa shape index (κ2) is 8.25. The highest BCUT2D eigenvalue weighted by molar-refractivity contribution is 6.32. The van der Waals surface area contributed by atoms with Crippen LogP contribution in [-0.4, -0.2) is 31.5 Å². The molecule has 5 heteroatoms. The van der Waals surface area contributed by atoms with Crippen LogP contribution in [0.5, 0.6) is 11.5 Å². The van der Waals surface area contributed by atoms with Crippen LogP contribution in [0.1, 0.15) is 25.8 Å². The van der Waals surface area contributed by atoms with Gasteiger partial charge in [0.25, 0.3) is 0 Å². The number of ether oxygens (including phenoxy) is 2. The summed E-state index contributed by atoms with van der Waals surface area (Å²) in [4.78, 5) is 0. The first-order chi connectivity index (χ1) is 9.15. The summed E-state index contributed by atoms with van der Waals surface area (Å²) in [5.41, 5.74) is 0.997. The first-order valence-electron chi connectivity index (χ1n) is 6.49. The molecule has 0 spiro atoms. The number of benzene rings is 1. The molecule has 108 valence electrons. The third kappa shape index (κ3) is 4.56. The molecular formula is C14H22ClNO3. The Balaban J connectivity index is 2.83. The van der Waals surface area contributed by atoms with E-state index in [1.807, 2.05) is 26.0 Å². The van der Waals surface area contributed by atoms with Crippen molar-refractivity contribution in [3.05, 3.63) is 22.7 Å². The van der Waals surface area contributed by atoms with Crippen molar-refractivity contribution in [1.82, 2.24) is 5.32 Å². The standard InChI is InChI=1S/C14H22ClNO3/c1-4-11(9-17)16-8-10-6-12(15)14(19-5-2)13(7-10)18-3/h6-7,11,16-17H,4-5,8-9H2,1-3H3. The normalized spacial score (nSPS) is 12.3. The van der Waals surface area contributed by atoms with Crippen LogP contribution in [0.2, 0.25) is 5.02 Å². The van der Waals surface area contributed by atoms with E-state index in [9.17, 15) is 0 Å². The Morgan fingerprint density at radius 2 is 2.11 bits per heavy atom. The largest absolute Gasteiger partial charge is 0.493 e. The minimum absolute atomic E-state index is 0.0938. The first kappa shape index (κ1) is 16.1. The van der Waals surface area contributed by atoms with Gasteiger partial charge in [0, 0.05) is 12.6 Å². The maximum Gasteiger partial charge on any atom is 0.179 e. The topological polar surface area (TPSA) is 50.7 Å². The molecule has 1 aromatic carbocycles. The molecule has 0 aliphatic carbocycles. The van der Waals surface area contributed by atoms with Crippen LogP contribution in [0.4, 0.5) is 0 Å². The van der Waals surface area contributed by atoms with Gasteiger partial charge in [0.05, 0.1) is 25.3 Å². The van der Waals surface area contributed by atoms with E-state index in [1.54, 1.807) is 7.11 Å². The molecule has 1 unspecified atom stereocenters. The third-order valence-electron chi connectivity index (χ3n) is 2.89. The number of methoxy groups -OCH3 is 1. The van der Waals surface area contributed by atoms with Gasteiger partial charge in [-0.05, 0) is 31.0 Å². The Kier molecular flexibility index (Phi) is 6.99. The van der Waals surface area contributed by atoms with E-state index >= 15 is 0 Å². The monoisotopic (exact) mass is 287 g/mol. The van der Waals surface area contributed by atoms with E-state index in [0.29, 0.717) is 29.7 Å². The minimum atomic E-state index is 0.0938. The Bertz CT molecular complexity index is 395. The molecule has 0 radical (unpaired) electrons. The zero-order valence-electron chi connectivity index (χ0n) is 11.7. The molecule has 0 fully saturated rings. The van der Waals surface area contributed by atoms with E-state index in [4.69, 9.17) is 26.2 Å². The Labute approximate surface area is 119 Å². The fraction of sp³-hybridized carbons (Fsp3) is 0.571. The number of nitrogens with one attached hydrogen (secondary N) is 1. The fourth-order valence-electron chi connectivity index (χ4n) is 1.76. The molecule has 0 amide bonds. The molecule has 0 aromatic heterocycles. The molecule has 0 aliphatic rings. The van der Waals surface area contributed by atoms with Crippen molar-refractivity contribution < 1.29 is 14.6 Å². The second-order valence-electron chi connectivity index (χ2n) is 4.21. The summed E-state index contributed by atoms with van der Waals surface area (Å²) in [6.45, 7) is 5.22. The Morgan fingerprint density at radius 3 is 2.63 bits per heavy atom. The lowest BCUT2D eigenvalue weighted by Crippen LogP contribution is -2.31. The molecule has 4 nitrogen and oxygen atoms in total. The highest BCUT2D eigenvalue weighted by Gasteiger charge is 2.12. The molecular weight excluding hydrogens is 266 g/mol. The van der Waals surface area contributed by atoms with Gasteiger partial charge in [-0.3, -0.25) is 0 Å². The summed E-state index contributed by atoms with van der Waals surface area (Å²) in [7, 11) is 1.59. The van der Waals surface area contributed by atoms with E-state index < -0.39 is 0 Å². The van der Waals surface area contributed by atoms with Gasteiger partial charge in [-0.2, -0.15) is 0 Å². The minimum Gasteiger partial charge on any atom is -0.493 e. The van der Waals surface area contributed by atoms with Crippen molar-refractivity contribution in [2.45, 2.75) is 32.9 Å². The van der Waals surface area contributed by atoms with Gasteiger partial charge in [-0.1, -0.05) is 18.5 Å². The third-order valence-corrected chi connectivity index (χ3v) is 3.17. The number of hydrogen-bond donors (Lipinski definition) is 2. The molecule has 0 bridgehead atoms. The summed E-state index contributed by atoms with van der Waals surface area (Å²) in [6.07, 6.45) is 0.873. The van der Waals surface area contributed by atoms with Gasteiger partial charge in [-0.15, -0.1) is 0 Å². The smallest absolute Gasteiger partial charge is 0.179 e. The lowest BCUT2D eigenvalue weighted by Gasteiger charge is -2.16. The van der Waals surface area contributed by atoms with E-state index in [1.165, 1.54) is 0 Å². The van der Waals surface area contributed by atoms with Crippen molar-refractivity contribution in [2.75, 3.05) is 20.3 Å². The maximum atomic E-state index is 9.14. The highest BCUT2D eigenvalue weighted by atomic mass is 35.5. The van der Waals surface area contributed by atoms with E-state index in [0.717, 1.165) is 12.0 Å². The maximum absolute atomic E-state index is 9.14. The average Bonchev–Trinajstić information content (AvgIpc) is 2.42. The molecule has 2 N–H and O–H groups in total. The predicted molar refractivity (Wildman–Crippen MR) is 77.2 cm³/mol. The van der Waals surface area contributed by atoms with Gasteiger partial charge in [0.1, 0.15) is 0 Å². The molecule has 0 saturated carbocycles. The molecule has 1 rings (SSSR count). The highest BCUT2D eigenvalue weighted by Crippen LogP contribution is 2.36. The zero-order chi connectivity index (χ0) is 14.3. The molecule has 0 heterocycles. The van der Waals surface area contributed by atoms with Gasteiger partial charge in [0.15, 0.2) is 11.5 Å². The summed E-state index contributed by atoms with van der Waals surface area (Å²) < 4.78 is 10.8. The van der Waals surface area contributed by atoms with Crippen molar-refractivity contribution in [3.8, 4) is 11.5 Å². The number of aliphatic hydroxyl groups is 1. The van der Waals surface area contributed by atoms with Gasteiger partial charge >= 0.3 is 0 Å². The van der Waals surface area contributed by atoms with Crippen LogP contribution in [0.3, 0.4) is 0 Å². The van der Waals surface area contributed by atoms with Crippen LogP contribution < -0.4 is 14.8 Å². The SMILES string of the molecule is CCOc1c(Cl)cc(CNC(CC)CO)cc1OC. The van der Waals surface area contributed by atoms with Gasteiger partial charge in [0.2, 0.25) is 0 Å². The summed E-state index contributed by atoms with van der Waals surface area (Å²) >= 11 is 6.19. The molecule has 19 heavy (non-hydrogen) atoms. The van der Waals surface area contributed by atoms with Crippen LogP contribution in [0.25, 0.3) is 0 Å². The van der Waals surface area contributed by atoms with Crippen molar-refractivity contribution >= 4 is 11.6 Å². The lowest BCUT2D eigenvalue weighted by molar-refractivity contribution is 0.238. The van der Waals surface area contributed by atoms with Crippen molar-refractivity contribution in [1.29, 1.82) is 0 Å². The molecule has 1 aromatic rings. The van der Waals surface area contributed by atoms with Crippen LogP contribution in [-0.2, 0) is 6.54 Å². The summed E-state index contributed by atoms with van der Waals surface area (Å²) in [5.74, 6) is 1.20. The average molecular weight is 288 g/mol. The Morgan fingerprint density at radius 1 is 1.37 bits per heavy atom. The fourth-order valence-corrected chi connectivity index (χ4v) is 2.05. The van der Waals surface area contributed by atoms with Gasteiger partial charge < -0.3 is 19.9 Å². The lowest BCUT2D eigenvalue weighted by atomic mass is 10.1. The Hall–Kier alpha value is -0.970. The van der Waals surface area contributed by atoms with Crippen LogP contribution >= 0.6 is 11.6 Å². The first-order valence-corrected chi connectivity index (χ1v) is 6.87. The van der Waals surface area contributed by atoms with Gasteiger partial charge in [-0.25, -0.2) is 0 Å². The molecule has 0 saturated heterocycles. The summed E-state index contributed by atoms with van der Waals surface area (Å²) in [6, 6.07) is 3.84. The number of rotatable bonds is 8.